The van der Waals surface area contributed by atoms with Crippen molar-refractivity contribution in [2.75, 3.05) is 5.32 Å². The van der Waals surface area contributed by atoms with Gasteiger partial charge in [-0.1, -0.05) is 34.9 Å². The standard InChI is InChI=1S/C8H8ClN5/c9-7-4-2-1-3-6(7)5-10-8-11-13-14-12-8/h1-4H,5H2,(H2,10,11,12,13,14). The number of tetrazole rings is 1. The zero-order valence-corrected chi connectivity index (χ0v) is 7.99. The van der Waals surface area contributed by atoms with E-state index in [9.17, 15) is 0 Å². The summed E-state index contributed by atoms with van der Waals surface area (Å²) in [5.41, 5.74) is 0.999. The van der Waals surface area contributed by atoms with Crippen LogP contribution < -0.4 is 5.32 Å². The Labute approximate surface area is 85.5 Å². The van der Waals surface area contributed by atoms with Crippen LogP contribution in [-0.4, -0.2) is 20.6 Å². The van der Waals surface area contributed by atoms with Gasteiger partial charge in [0.05, 0.1) is 0 Å². The van der Waals surface area contributed by atoms with E-state index in [1.165, 1.54) is 0 Å². The quantitative estimate of drug-likeness (QED) is 0.804. The number of hydrogen-bond acceptors (Lipinski definition) is 4. The number of halogens is 1. The smallest absolute Gasteiger partial charge is 0.263 e. The summed E-state index contributed by atoms with van der Waals surface area (Å²) in [6.45, 7) is 0.583. The van der Waals surface area contributed by atoms with Crippen LogP contribution >= 0.6 is 11.6 Å². The summed E-state index contributed by atoms with van der Waals surface area (Å²) in [7, 11) is 0. The Morgan fingerprint density at radius 1 is 1.36 bits per heavy atom. The van der Waals surface area contributed by atoms with Crippen LogP contribution in [0.4, 0.5) is 5.95 Å². The Kier molecular flexibility index (Phi) is 2.60. The van der Waals surface area contributed by atoms with E-state index in [1.54, 1.807) is 0 Å². The topological polar surface area (TPSA) is 66.5 Å². The fourth-order valence-corrected chi connectivity index (χ4v) is 1.26. The maximum Gasteiger partial charge on any atom is 0.263 e. The van der Waals surface area contributed by atoms with E-state index in [0.29, 0.717) is 12.5 Å². The lowest BCUT2D eigenvalue weighted by Gasteiger charge is -2.03. The first-order valence-electron chi connectivity index (χ1n) is 4.07. The summed E-state index contributed by atoms with van der Waals surface area (Å²) in [4.78, 5) is 0. The molecule has 0 atom stereocenters. The molecule has 0 saturated heterocycles. The van der Waals surface area contributed by atoms with E-state index in [-0.39, 0.29) is 0 Å². The second-order valence-electron chi connectivity index (χ2n) is 2.68. The van der Waals surface area contributed by atoms with Gasteiger partial charge in [-0.25, -0.2) is 0 Å². The molecule has 5 nitrogen and oxygen atoms in total. The van der Waals surface area contributed by atoms with E-state index in [1.807, 2.05) is 24.3 Å². The molecular weight excluding hydrogens is 202 g/mol. The monoisotopic (exact) mass is 209 g/mol. The first kappa shape index (κ1) is 8.96. The molecular formula is C8H8ClN5. The minimum Gasteiger partial charge on any atom is -0.347 e. The summed E-state index contributed by atoms with van der Waals surface area (Å²) in [5, 5.41) is 17.0. The molecule has 2 rings (SSSR count). The van der Waals surface area contributed by atoms with Crippen molar-refractivity contribution in [2.45, 2.75) is 6.54 Å². The van der Waals surface area contributed by atoms with Crippen LogP contribution in [0, 0.1) is 0 Å². The van der Waals surface area contributed by atoms with Gasteiger partial charge >= 0.3 is 0 Å². The molecule has 14 heavy (non-hydrogen) atoms. The van der Waals surface area contributed by atoms with E-state index in [0.717, 1.165) is 10.6 Å². The van der Waals surface area contributed by atoms with Crippen LogP contribution in [0.25, 0.3) is 0 Å². The maximum atomic E-state index is 5.96. The van der Waals surface area contributed by atoms with Gasteiger partial charge in [0.2, 0.25) is 0 Å². The van der Waals surface area contributed by atoms with Gasteiger partial charge in [0.25, 0.3) is 5.95 Å². The Bertz CT molecular complexity index is 400. The largest absolute Gasteiger partial charge is 0.347 e. The van der Waals surface area contributed by atoms with Crippen molar-refractivity contribution in [1.82, 2.24) is 20.6 Å². The molecule has 0 bridgehead atoms. The van der Waals surface area contributed by atoms with Gasteiger partial charge in [0, 0.05) is 11.6 Å². The molecule has 0 aliphatic heterocycles. The Morgan fingerprint density at radius 3 is 2.93 bits per heavy atom. The van der Waals surface area contributed by atoms with E-state index in [4.69, 9.17) is 11.6 Å². The Hall–Kier alpha value is -1.62. The first-order valence-corrected chi connectivity index (χ1v) is 4.45. The zero-order chi connectivity index (χ0) is 9.80. The number of aromatic amines is 1. The second-order valence-corrected chi connectivity index (χ2v) is 3.09. The summed E-state index contributed by atoms with van der Waals surface area (Å²) in [6, 6.07) is 7.60. The fraction of sp³-hybridized carbons (Fsp3) is 0.125. The van der Waals surface area contributed by atoms with Crippen LogP contribution in [0.2, 0.25) is 5.02 Å². The van der Waals surface area contributed by atoms with Crippen molar-refractivity contribution < 1.29 is 0 Å². The molecule has 0 amide bonds. The predicted molar refractivity (Wildman–Crippen MR) is 53.0 cm³/mol. The van der Waals surface area contributed by atoms with Crippen molar-refractivity contribution in [1.29, 1.82) is 0 Å². The van der Waals surface area contributed by atoms with Crippen molar-refractivity contribution in [3.63, 3.8) is 0 Å². The molecule has 0 aliphatic carbocycles. The molecule has 72 valence electrons. The molecule has 0 radical (unpaired) electrons. The molecule has 2 N–H and O–H groups in total. The maximum absolute atomic E-state index is 5.96. The summed E-state index contributed by atoms with van der Waals surface area (Å²) in [5.74, 6) is 0.463. The van der Waals surface area contributed by atoms with Crippen LogP contribution in [0.1, 0.15) is 5.56 Å². The summed E-state index contributed by atoms with van der Waals surface area (Å²) >= 11 is 5.96. The Balaban J connectivity index is 2.02. The molecule has 1 aromatic carbocycles. The van der Waals surface area contributed by atoms with Crippen molar-refractivity contribution in [3.05, 3.63) is 34.9 Å². The predicted octanol–water partition coefficient (Wildman–Crippen LogP) is 1.47. The molecule has 0 aliphatic rings. The third-order valence-corrected chi connectivity index (χ3v) is 2.11. The van der Waals surface area contributed by atoms with Crippen molar-refractivity contribution in [2.24, 2.45) is 0 Å². The average molecular weight is 210 g/mol. The SMILES string of the molecule is Clc1ccccc1CNc1nn[nH]n1. The molecule has 0 saturated carbocycles. The minimum atomic E-state index is 0.463. The highest BCUT2D eigenvalue weighted by atomic mass is 35.5. The van der Waals surface area contributed by atoms with Gasteiger partial charge in [-0.15, -0.1) is 5.10 Å². The zero-order valence-electron chi connectivity index (χ0n) is 7.24. The number of benzene rings is 1. The molecule has 0 unspecified atom stereocenters. The highest BCUT2D eigenvalue weighted by Gasteiger charge is 2.00. The van der Waals surface area contributed by atoms with Gasteiger partial charge in [0.15, 0.2) is 0 Å². The van der Waals surface area contributed by atoms with E-state index < -0.39 is 0 Å². The number of hydrogen-bond donors (Lipinski definition) is 2. The van der Waals surface area contributed by atoms with Crippen molar-refractivity contribution >= 4 is 17.5 Å². The lowest BCUT2D eigenvalue weighted by atomic mass is 10.2. The number of nitrogens with zero attached hydrogens (tertiary/aromatic N) is 3. The molecule has 0 fully saturated rings. The average Bonchev–Trinajstić information content (AvgIpc) is 2.69. The second kappa shape index (κ2) is 4.06. The molecule has 2 aromatic rings. The lowest BCUT2D eigenvalue weighted by molar-refractivity contribution is 0.881. The number of nitrogens with one attached hydrogen (secondary N) is 2. The molecule has 1 heterocycles. The van der Waals surface area contributed by atoms with Crippen LogP contribution in [0.3, 0.4) is 0 Å². The van der Waals surface area contributed by atoms with E-state index in [2.05, 4.69) is 25.9 Å². The summed E-state index contributed by atoms with van der Waals surface area (Å²) in [6.07, 6.45) is 0. The van der Waals surface area contributed by atoms with Crippen molar-refractivity contribution in [3.8, 4) is 0 Å². The number of H-pyrrole nitrogens is 1. The van der Waals surface area contributed by atoms with Gasteiger partial charge in [-0.3, -0.25) is 0 Å². The van der Waals surface area contributed by atoms with Gasteiger partial charge in [-0.2, -0.15) is 5.21 Å². The number of anilines is 1. The first-order chi connectivity index (χ1) is 6.86. The van der Waals surface area contributed by atoms with Gasteiger partial charge in [0.1, 0.15) is 0 Å². The third kappa shape index (κ3) is 2.00. The lowest BCUT2D eigenvalue weighted by Crippen LogP contribution is -2.01. The van der Waals surface area contributed by atoms with Gasteiger partial charge < -0.3 is 5.32 Å². The normalized spacial score (nSPS) is 10.1. The summed E-state index contributed by atoms with van der Waals surface area (Å²) < 4.78 is 0. The van der Waals surface area contributed by atoms with Crippen LogP contribution in [-0.2, 0) is 6.54 Å². The molecule has 6 heteroatoms. The number of rotatable bonds is 3. The highest BCUT2D eigenvalue weighted by Crippen LogP contribution is 2.15. The van der Waals surface area contributed by atoms with Crippen LogP contribution in [0.15, 0.2) is 24.3 Å². The fourth-order valence-electron chi connectivity index (χ4n) is 1.05. The van der Waals surface area contributed by atoms with Gasteiger partial charge in [-0.05, 0) is 16.8 Å². The minimum absolute atomic E-state index is 0.463. The Morgan fingerprint density at radius 2 is 2.21 bits per heavy atom. The molecule has 0 spiro atoms. The highest BCUT2D eigenvalue weighted by molar-refractivity contribution is 6.31. The van der Waals surface area contributed by atoms with Crippen LogP contribution in [0.5, 0.6) is 0 Å². The number of aromatic nitrogens is 4. The van der Waals surface area contributed by atoms with E-state index >= 15 is 0 Å². The molecule has 1 aromatic heterocycles. The third-order valence-electron chi connectivity index (χ3n) is 1.74.